The molecule has 1 aromatic carbocycles. The number of benzene rings is 1. The molecule has 1 amide bonds. The molecule has 2 aromatic heterocycles. The number of rotatable bonds is 4. The number of carbonyl (C=O) groups is 1. The lowest BCUT2D eigenvalue weighted by Crippen LogP contribution is -2.25. The first-order valence-electron chi connectivity index (χ1n) is 11.5. The van der Waals surface area contributed by atoms with Crippen LogP contribution in [0, 0.1) is 6.92 Å². The van der Waals surface area contributed by atoms with Gasteiger partial charge in [0, 0.05) is 55.7 Å². The molecular formula is C25H28F2N4O2. The first-order chi connectivity index (χ1) is 16.0. The number of aromatic nitrogens is 2. The van der Waals surface area contributed by atoms with Crippen molar-refractivity contribution in [2.75, 3.05) is 31.7 Å². The molecule has 2 aliphatic heterocycles. The standard InChI is InChI=1S/C25H28F2N4O2/c1-15-10-16-4-3-7-30(21(16)12-18(15)24(26)27)23-14-31(17-5-8-33-9-6-17)22-13-29-20(11-19(22)23)25(32)28-2/h10-14,17,24H,3-9H2,1-2H3,(H,28,32). The predicted molar refractivity (Wildman–Crippen MR) is 124 cm³/mol. The molecule has 6 nitrogen and oxygen atoms in total. The van der Waals surface area contributed by atoms with Crippen LogP contribution < -0.4 is 10.2 Å². The lowest BCUT2D eigenvalue weighted by atomic mass is 9.95. The molecule has 174 valence electrons. The Labute approximate surface area is 191 Å². The zero-order valence-corrected chi connectivity index (χ0v) is 18.9. The van der Waals surface area contributed by atoms with Crippen LogP contribution in [0.4, 0.5) is 20.2 Å². The Kier molecular flexibility index (Phi) is 5.78. The minimum absolute atomic E-state index is 0.0709. The molecule has 1 N–H and O–H groups in total. The second-order valence-electron chi connectivity index (χ2n) is 8.82. The van der Waals surface area contributed by atoms with E-state index in [1.54, 1.807) is 26.2 Å². The number of halogens is 2. The molecule has 0 bridgehead atoms. The van der Waals surface area contributed by atoms with Crippen molar-refractivity contribution in [2.45, 2.75) is 45.1 Å². The Morgan fingerprint density at radius 2 is 2.00 bits per heavy atom. The molecule has 33 heavy (non-hydrogen) atoms. The van der Waals surface area contributed by atoms with Gasteiger partial charge < -0.3 is 19.5 Å². The van der Waals surface area contributed by atoms with Gasteiger partial charge in [-0.15, -0.1) is 0 Å². The number of fused-ring (bicyclic) bond motifs is 2. The van der Waals surface area contributed by atoms with Crippen LogP contribution in [0.1, 0.15) is 58.9 Å². The summed E-state index contributed by atoms with van der Waals surface area (Å²) >= 11 is 0. The molecule has 0 radical (unpaired) electrons. The summed E-state index contributed by atoms with van der Waals surface area (Å²) < 4.78 is 35.2. The maximum absolute atomic E-state index is 13.7. The molecule has 4 heterocycles. The van der Waals surface area contributed by atoms with E-state index in [4.69, 9.17) is 4.74 Å². The van der Waals surface area contributed by atoms with Gasteiger partial charge in [-0.25, -0.2) is 13.8 Å². The van der Waals surface area contributed by atoms with E-state index in [1.807, 2.05) is 12.1 Å². The van der Waals surface area contributed by atoms with E-state index in [1.165, 1.54) is 0 Å². The number of carbonyl (C=O) groups excluding carboxylic acids is 1. The fourth-order valence-corrected chi connectivity index (χ4v) is 5.12. The zero-order chi connectivity index (χ0) is 23.1. The Morgan fingerprint density at radius 1 is 1.21 bits per heavy atom. The van der Waals surface area contributed by atoms with E-state index >= 15 is 0 Å². The van der Waals surface area contributed by atoms with Gasteiger partial charge in [-0.2, -0.15) is 0 Å². The molecule has 1 fully saturated rings. The number of aryl methyl sites for hydroxylation is 2. The summed E-state index contributed by atoms with van der Waals surface area (Å²) in [5, 5.41) is 3.54. The van der Waals surface area contributed by atoms with E-state index in [-0.39, 0.29) is 17.5 Å². The van der Waals surface area contributed by atoms with Gasteiger partial charge in [0.15, 0.2) is 0 Å². The quantitative estimate of drug-likeness (QED) is 0.598. The van der Waals surface area contributed by atoms with Crippen LogP contribution in [-0.2, 0) is 11.2 Å². The summed E-state index contributed by atoms with van der Waals surface area (Å²) in [6.07, 6.45) is 4.91. The lowest BCUT2D eigenvalue weighted by molar-refractivity contribution is 0.0707. The number of nitrogens with one attached hydrogen (secondary N) is 1. The van der Waals surface area contributed by atoms with Crippen molar-refractivity contribution >= 4 is 28.2 Å². The first-order valence-corrected chi connectivity index (χ1v) is 11.5. The van der Waals surface area contributed by atoms with E-state index in [9.17, 15) is 13.6 Å². The molecule has 0 atom stereocenters. The minimum atomic E-state index is -2.52. The number of hydrogen-bond donors (Lipinski definition) is 1. The highest BCUT2D eigenvalue weighted by atomic mass is 19.3. The summed E-state index contributed by atoms with van der Waals surface area (Å²) in [5.41, 5.74) is 4.81. The molecule has 0 saturated carbocycles. The molecule has 1 saturated heterocycles. The van der Waals surface area contributed by atoms with Gasteiger partial charge in [0.1, 0.15) is 5.69 Å². The minimum Gasteiger partial charge on any atom is -0.381 e. The molecule has 8 heteroatoms. The maximum Gasteiger partial charge on any atom is 0.269 e. The number of hydrogen-bond acceptors (Lipinski definition) is 4. The van der Waals surface area contributed by atoms with Crippen LogP contribution in [0.3, 0.4) is 0 Å². The average Bonchev–Trinajstić information content (AvgIpc) is 3.21. The van der Waals surface area contributed by atoms with Gasteiger partial charge in [-0.1, -0.05) is 6.07 Å². The normalized spacial score (nSPS) is 16.9. The zero-order valence-electron chi connectivity index (χ0n) is 18.9. The largest absolute Gasteiger partial charge is 0.381 e. The van der Waals surface area contributed by atoms with E-state index in [0.717, 1.165) is 60.1 Å². The van der Waals surface area contributed by atoms with E-state index < -0.39 is 6.43 Å². The third-order valence-corrected chi connectivity index (χ3v) is 6.85. The first kappa shape index (κ1) is 21.8. The monoisotopic (exact) mass is 454 g/mol. The molecule has 0 unspecified atom stereocenters. The number of amides is 1. The fourth-order valence-electron chi connectivity index (χ4n) is 5.12. The fraction of sp³-hybridized carbons (Fsp3) is 0.440. The summed E-state index contributed by atoms with van der Waals surface area (Å²) in [6, 6.07) is 5.63. The second kappa shape index (κ2) is 8.74. The van der Waals surface area contributed by atoms with Gasteiger partial charge in [0.25, 0.3) is 12.3 Å². The van der Waals surface area contributed by atoms with Crippen molar-refractivity contribution in [1.29, 1.82) is 0 Å². The van der Waals surface area contributed by atoms with Crippen molar-refractivity contribution in [1.82, 2.24) is 14.9 Å². The third kappa shape index (κ3) is 3.86. The van der Waals surface area contributed by atoms with Crippen LogP contribution >= 0.6 is 0 Å². The molecule has 2 aliphatic rings. The highest BCUT2D eigenvalue weighted by Crippen LogP contribution is 2.42. The average molecular weight is 455 g/mol. The summed E-state index contributed by atoms with van der Waals surface area (Å²) in [5.74, 6) is -0.253. The highest BCUT2D eigenvalue weighted by molar-refractivity contribution is 6.01. The van der Waals surface area contributed by atoms with Gasteiger partial charge >= 0.3 is 0 Å². The van der Waals surface area contributed by atoms with Gasteiger partial charge in [0.05, 0.1) is 17.4 Å². The number of alkyl halides is 2. The molecule has 3 aromatic rings. The summed E-state index contributed by atoms with van der Waals surface area (Å²) in [7, 11) is 1.58. The van der Waals surface area contributed by atoms with Crippen molar-refractivity contribution in [2.24, 2.45) is 0 Å². The van der Waals surface area contributed by atoms with Crippen molar-refractivity contribution < 1.29 is 18.3 Å². The van der Waals surface area contributed by atoms with Crippen LogP contribution in [0.25, 0.3) is 10.9 Å². The van der Waals surface area contributed by atoms with Crippen molar-refractivity contribution in [3.63, 3.8) is 0 Å². The Bertz CT molecular complexity index is 1200. The van der Waals surface area contributed by atoms with Crippen molar-refractivity contribution in [3.05, 3.63) is 53.0 Å². The Balaban J connectivity index is 1.69. The highest BCUT2D eigenvalue weighted by Gasteiger charge is 2.27. The van der Waals surface area contributed by atoms with Crippen molar-refractivity contribution in [3.8, 4) is 0 Å². The molecule has 0 spiro atoms. The van der Waals surface area contributed by atoms with Crippen LogP contribution in [0.15, 0.2) is 30.6 Å². The summed E-state index contributed by atoms with van der Waals surface area (Å²) in [6.45, 7) is 3.88. The Morgan fingerprint density at radius 3 is 2.73 bits per heavy atom. The maximum atomic E-state index is 13.7. The van der Waals surface area contributed by atoms with Crippen LogP contribution in [-0.4, -0.2) is 42.3 Å². The van der Waals surface area contributed by atoms with Crippen LogP contribution in [0.5, 0.6) is 0 Å². The smallest absolute Gasteiger partial charge is 0.269 e. The van der Waals surface area contributed by atoms with Gasteiger partial charge in [-0.3, -0.25) is 4.79 Å². The van der Waals surface area contributed by atoms with E-state index in [0.29, 0.717) is 24.5 Å². The molecule has 0 aliphatic carbocycles. The topological polar surface area (TPSA) is 59.4 Å². The second-order valence-corrected chi connectivity index (χ2v) is 8.82. The summed E-state index contributed by atoms with van der Waals surface area (Å²) in [4.78, 5) is 18.9. The van der Waals surface area contributed by atoms with Gasteiger partial charge in [-0.05, 0) is 55.9 Å². The SMILES string of the molecule is CNC(=O)c1cc2c(N3CCCc4cc(C)c(C(F)F)cc43)cn(C3CCOCC3)c2cn1. The number of pyridine rings is 1. The number of nitrogens with zero attached hydrogens (tertiary/aromatic N) is 3. The predicted octanol–water partition coefficient (Wildman–Crippen LogP) is 5.08. The number of ether oxygens (including phenoxy) is 1. The van der Waals surface area contributed by atoms with Gasteiger partial charge in [0.2, 0.25) is 0 Å². The van der Waals surface area contributed by atoms with E-state index in [2.05, 4.69) is 26.0 Å². The lowest BCUT2D eigenvalue weighted by Gasteiger charge is -2.32. The molecular weight excluding hydrogens is 426 g/mol. The molecule has 5 rings (SSSR count). The Hall–Kier alpha value is -3.00. The number of anilines is 2. The van der Waals surface area contributed by atoms with Crippen LogP contribution in [0.2, 0.25) is 0 Å². The third-order valence-electron chi connectivity index (χ3n) is 6.85.